The zero-order chi connectivity index (χ0) is 15.4. The van der Waals surface area contributed by atoms with Gasteiger partial charge in [-0.15, -0.1) is 0 Å². The third-order valence-electron chi connectivity index (χ3n) is 3.27. The molecular formula is C16H15BrClNO2. The lowest BCUT2D eigenvalue weighted by Crippen LogP contribution is -2.18. The normalized spacial score (nSPS) is 12.1. The van der Waals surface area contributed by atoms with Gasteiger partial charge in [-0.2, -0.15) is 0 Å². The molecule has 0 radical (unpaired) electrons. The number of benzene rings is 2. The molecule has 110 valence electrons. The van der Waals surface area contributed by atoms with Gasteiger partial charge in [-0.05, 0) is 42.3 Å². The summed E-state index contributed by atoms with van der Waals surface area (Å²) in [4.78, 5) is 10.9. The Balaban J connectivity index is 2.02. The molecule has 0 aliphatic heterocycles. The second-order valence-electron chi connectivity index (χ2n) is 4.77. The lowest BCUT2D eigenvalue weighted by atomic mass is 10.1. The summed E-state index contributed by atoms with van der Waals surface area (Å²) < 4.78 is 0.790. The predicted molar refractivity (Wildman–Crippen MR) is 87.8 cm³/mol. The van der Waals surface area contributed by atoms with Crippen LogP contribution in [0.5, 0.6) is 0 Å². The molecule has 2 rings (SSSR count). The number of nitrogens with one attached hydrogen (secondary N) is 1. The molecule has 1 atom stereocenters. The number of carbonyl (C=O) groups is 1. The number of halogens is 2. The Bertz CT molecular complexity index is 643. The van der Waals surface area contributed by atoms with Crippen molar-refractivity contribution in [3.05, 3.63) is 68.7 Å². The van der Waals surface area contributed by atoms with Crippen LogP contribution in [0.25, 0.3) is 0 Å². The zero-order valence-electron chi connectivity index (χ0n) is 11.4. The average molecular weight is 369 g/mol. The first-order chi connectivity index (χ1) is 9.97. The van der Waals surface area contributed by atoms with Crippen molar-refractivity contribution in [1.29, 1.82) is 0 Å². The van der Waals surface area contributed by atoms with E-state index in [-0.39, 0.29) is 11.6 Å². The summed E-state index contributed by atoms with van der Waals surface area (Å²) in [6.07, 6.45) is 0. The monoisotopic (exact) mass is 367 g/mol. The molecule has 0 saturated heterocycles. The fraction of sp³-hybridized carbons (Fsp3) is 0.188. The summed E-state index contributed by atoms with van der Waals surface area (Å²) in [6, 6.07) is 12.9. The van der Waals surface area contributed by atoms with Crippen LogP contribution in [0.15, 0.2) is 46.9 Å². The van der Waals surface area contributed by atoms with Gasteiger partial charge in [0.25, 0.3) is 0 Å². The smallest absolute Gasteiger partial charge is 0.335 e. The van der Waals surface area contributed by atoms with E-state index in [2.05, 4.69) is 28.2 Å². The van der Waals surface area contributed by atoms with Crippen LogP contribution in [-0.2, 0) is 6.54 Å². The maximum absolute atomic E-state index is 10.9. The molecule has 0 amide bonds. The van der Waals surface area contributed by atoms with Crippen molar-refractivity contribution >= 4 is 33.5 Å². The maximum atomic E-state index is 10.9. The van der Waals surface area contributed by atoms with Crippen molar-refractivity contribution in [2.45, 2.75) is 19.5 Å². The molecule has 0 heterocycles. The van der Waals surface area contributed by atoms with E-state index < -0.39 is 5.97 Å². The molecule has 0 aliphatic rings. The van der Waals surface area contributed by atoms with Crippen LogP contribution in [0, 0.1) is 0 Å². The van der Waals surface area contributed by atoms with E-state index >= 15 is 0 Å². The number of hydrogen-bond acceptors (Lipinski definition) is 2. The molecule has 21 heavy (non-hydrogen) atoms. The Kier molecular flexibility index (Phi) is 5.39. The SMILES string of the molecule is C[C@@H](NCc1ccc(C(=O)O)cc1Br)c1ccc(Cl)cc1. The van der Waals surface area contributed by atoms with Crippen molar-refractivity contribution < 1.29 is 9.90 Å². The summed E-state index contributed by atoms with van der Waals surface area (Å²) in [6.45, 7) is 2.72. The van der Waals surface area contributed by atoms with Gasteiger partial charge in [-0.25, -0.2) is 4.79 Å². The highest BCUT2D eigenvalue weighted by Gasteiger charge is 2.09. The molecular weight excluding hydrogens is 354 g/mol. The summed E-state index contributed by atoms with van der Waals surface area (Å²) >= 11 is 9.29. The van der Waals surface area contributed by atoms with Crippen molar-refractivity contribution in [3.8, 4) is 0 Å². The van der Waals surface area contributed by atoms with Crippen LogP contribution in [0.3, 0.4) is 0 Å². The standard InChI is InChI=1S/C16H15BrClNO2/c1-10(11-4-6-14(18)7-5-11)19-9-13-3-2-12(16(20)21)8-15(13)17/h2-8,10,19H,9H2,1H3,(H,20,21)/t10-/m1/s1. The second kappa shape index (κ2) is 7.07. The molecule has 0 fully saturated rings. The Labute approximate surface area is 137 Å². The molecule has 2 aromatic carbocycles. The second-order valence-corrected chi connectivity index (χ2v) is 6.06. The number of aromatic carboxylic acids is 1. The largest absolute Gasteiger partial charge is 0.478 e. The highest BCUT2D eigenvalue weighted by atomic mass is 79.9. The van der Waals surface area contributed by atoms with Crippen LogP contribution in [0.2, 0.25) is 5.02 Å². The maximum Gasteiger partial charge on any atom is 0.335 e. The fourth-order valence-corrected chi connectivity index (χ4v) is 2.60. The van der Waals surface area contributed by atoms with Gasteiger partial charge in [0.1, 0.15) is 0 Å². The fourth-order valence-electron chi connectivity index (χ4n) is 1.96. The topological polar surface area (TPSA) is 49.3 Å². The minimum atomic E-state index is -0.926. The molecule has 5 heteroatoms. The van der Waals surface area contributed by atoms with E-state index in [1.54, 1.807) is 12.1 Å². The van der Waals surface area contributed by atoms with E-state index in [9.17, 15) is 4.79 Å². The van der Waals surface area contributed by atoms with Gasteiger partial charge < -0.3 is 10.4 Å². The van der Waals surface area contributed by atoms with E-state index in [1.807, 2.05) is 30.3 Å². The van der Waals surface area contributed by atoms with Crippen LogP contribution in [0.1, 0.15) is 34.5 Å². The molecule has 0 saturated carbocycles. The summed E-state index contributed by atoms with van der Waals surface area (Å²) in [5, 5.41) is 13.1. The van der Waals surface area contributed by atoms with Gasteiger partial charge in [0, 0.05) is 22.1 Å². The van der Waals surface area contributed by atoms with Gasteiger partial charge >= 0.3 is 5.97 Å². The molecule has 0 aromatic heterocycles. The molecule has 0 bridgehead atoms. The Morgan fingerprint density at radius 1 is 1.29 bits per heavy atom. The van der Waals surface area contributed by atoms with E-state index in [0.29, 0.717) is 6.54 Å². The lowest BCUT2D eigenvalue weighted by Gasteiger charge is -2.15. The Morgan fingerprint density at radius 3 is 2.52 bits per heavy atom. The van der Waals surface area contributed by atoms with E-state index in [1.165, 1.54) is 0 Å². The molecule has 0 unspecified atom stereocenters. The van der Waals surface area contributed by atoms with Gasteiger partial charge in [-0.3, -0.25) is 0 Å². The average Bonchev–Trinajstić information content (AvgIpc) is 2.46. The summed E-state index contributed by atoms with van der Waals surface area (Å²) in [5.41, 5.74) is 2.44. The number of rotatable bonds is 5. The van der Waals surface area contributed by atoms with Crippen molar-refractivity contribution in [2.24, 2.45) is 0 Å². The van der Waals surface area contributed by atoms with Crippen LogP contribution in [-0.4, -0.2) is 11.1 Å². The molecule has 3 nitrogen and oxygen atoms in total. The lowest BCUT2D eigenvalue weighted by molar-refractivity contribution is 0.0697. The van der Waals surface area contributed by atoms with Crippen molar-refractivity contribution in [1.82, 2.24) is 5.32 Å². The Morgan fingerprint density at radius 2 is 1.95 bits per heavy atom. The highest BCUT2D eigenvalue weighted by molar-refractivity contribution is 9.10. The van der Waals surface area contributed by atoms with Gasteiger partial charge in [0.2, 0.25) is 0 Å². The van der Waals surface area contributed by atoms with E-state index in [0.717, 1.165) is 20.6 Å². The summed E-state index contributed by atoms with van der Waals surface area (Å²) in [5.74, 6) is -0.926. The van der Waals surface area contributed by atoms with Crippen molar-refractivity contribution in [3.63, 3.8) is 0 Å². The van der Waals surface area contributed by atoms with Crippen molar-refractivity contribution in [2.75, 3.05) is 0 Å². The highest BCUT2D eigenvalue weighted by Crippen LogP contribution is 2.21. The molecule has 0 spiro atoms. The minimum Gasteiger partial charge on any atom is -0.478 e. The zero-order valence-corrected chi connectivity index (χ0v) is 13.8. The van der Waals surface area contributed by atoms with Crippen LogP contribution in [0.4, 0.5) is 0 Å². The van der Waals surface area contributed by atoms with Gasteiger partial charge in [-0.1, -0.05) is 45.7 Å². The van der Waals surface area contributed by atoms with E-state index in [4.69, 9.17) is 16.7 Å². The first-order valence-electron chi connectivity index (χ1n) is 6.48. The number of hydrogen-bond donors (Lipinski definition) is 2. The minimum absolute atomic E-state index is 0.174. The third kappa shape index (κ3) is 4.30. The number of carboxylic acids is 1. The summed E-state index contributed by atoms with van der Waals surface area (Å²) in [7, 11) is 0. The quantitative estimate of drug-likeness (QED) is 0.807. The van der Waals surface area contributed by atoms with Gasteiger partial charge in [0.05, 0.1) is 5.56 Å². The first-order valence-corrected chi connectivity index (χ1v) is 7.65. The predicted octanol–water partition coefficient (Wildman–Crippen LogP) is 4.65. The van der Waals surface area contributed by atoms with Crippen LogP contribution >= 0.6 is 27.5 Å². The molecule has 0 aliphatic carbocycles. The molecule has 2 aromatic rings. The van der Waals surface area contributed by atoms with Crippen LogP contribution < -0.4 is 5.32 Å². The first kappa shape index (κ1) is 16.0. The Hall–Kier alpha value is -1.36. The number of carboxylic acid groups (broad SMARTS) is 1. The third-order valence-corrected chi connectivity index (χ3v) is 4.26. The van der Waals surface area contributed by atoms with Gasteiger partial charge in [0.15, 0.2) is 0 Å². The molecule has 2 N–H and O–H groups in total.